The van der Waals surface area contributed by atoms with E-state index >= 15 is 0 Å². The van der Waals surface area contributed by atoms with Crippen LogP contribution in [0.1, 0.15) is 46.0 Å². The molecule has 0 aromatic rings. The number of nitrogens with one attached hydrogen (secondary N) is 1. The molecule has 1 N–H and O–H groups in total. The molecule has 2 aliphatic carbocycles. The van der Waals surface area contributed by atoms with E-state index in [1.165, 1.54) is 31.4 Å². The minimum atomic E-state index is 0.670. The van der Waals surface area contributed by atoms with Crippen LogP contribution in [-0.4, -0.2) is 24.1 Å². The van der Waals surface area contributed by atoms with Crippen LogP contribution in [0.25, 0.3) is 0 Å². The van der Waals surface area contributed by atoms with E-state index in [0.29, 0.717) is 12.1 Å². The molecule has 0 aromatic heterocycles. The highest BCUT2D eigenvalue weighted by atomic mass is 32.2. The van der Waals surface area contributed by atoms with Gasteiger partial charge in [0.15, 0.2) is 0 Å². The van der Waals surface area contributed by atoms with Gasteiger partial charge in [0.05, 0.1) is 0 Å². The number of rotatable bonds is 6. The Morgan fingerprint density at radius 1 is 1.19 bits per heavy atom. The van der Waals surface area contributed by atoms with E-state index in [2.05, 4.69) is 25.4 Å². The van der Waals surface area contributed by atoms with Crippen molar-refractivity contribution in [1.82, 2.24) is 5.32 Å². The summed E-state index contributed by atoms with van der Waals surface area (Å²) in [4.78, 5) is 0. The zero-order valence-corrected chi connectivity index (χ0v) is 11.9. The largest absolute Gasteiger partial charge is 0.311 e. The lowest BCUT2D eigenvalue weighted by Gasteiger charge is -2.27. The first-order chi connectivity index (χ1) is 7.69. The van der Waals surface area contributed by atoms with Crippen LogP contribution in [0.3, 0.4) is 0 Å². The molecule has 0 aliphatic heterocycles. The zero-order valence-electron chi connectivity index (χ0n) is 11.0. The third-order valence-electron chi connectivity index (χ3n) is 4.53. The van der Waals surface area contributed by atoms with Gasteiger partial charge in [-0.3, -0.25) is 0 Å². The molecule has 2 rings (SSSR count). The maximum absolute atomic E-state index is 3.75. The summed E-state index contributed by atoms with van der Waals surface area (Å²) < 4.78 is 0. The predicted octanol–water partition coefficient (Wildman–Crippen LogP) is 3.54. The first-order valence-electron chi connectivity index (χ1n) is 6.94. The summed E-state index contributed by atoms with van der Waals surface area (Å²) in [6.07, 6.45) is 9.76. The van der Waals surface area contributed by atoms with E-state index in [9.17, 15) is 0 Å². The van der Waals surface area contributed by atoms with Crippen LogP contribution in [0, 0.1) is 17.8 Å². The second-order valence-corrected chi connectivity index (χ2v) is 7.01. The molecule has 0 radical (unpaired) electrons. The SMILES string of the molecule is CSC[C@H](C)N[C@H](C)C[C@@H]1C[C@H]2CC[C@H]1C2. The lowest BCUT2D eigenvalue weighted by atomic mass is 9.84. The molecule has 0 aromatic carbocycles. The van der Waals surface area contributed by atoms with Crippen LogP contribution >= 0.6 is 11.8 Å². The highest BCUT2D eigenvalue weighted by molar-refractivity contribution is 7.98. The Kier molecular flexibility index (Phi) is 4.60. The first-order valence-corrected chi connectivity index (χ1v) is 8.33. The van der Waals surface area contributed by atoms with Crippen LogP contribution in [0.2, 0.25) is 0 Å². The molecule has 2 aliphatic rings. The lowest BCUT2D eigenvalue weighted by Crippen LogP contribution is -2.37. The van der Waals surface area contributed by atoms with Crippen molar-refractivity contribution in [3.05, 3.63) is 0 Å². The normalized spacial score (nSPS) is 36.6. The molecule has 0 amide bonds. The minimum absolute atomic E-state index is 0.670. The topological polar surface area (TPSA) is 12.0 Å². The zero-order chi connectivity index (χ0) is 11.5. The molecule has 0 saturated heterocycles. The highest BCUT2D eigenvalue weighted by Gasteiger charge is 2.39. The van der Waals surface area contributed by atoms with Crippen LogP contribution in [-0.2, 0) is 0 Å². The van der Waals surface area contributed by atoms with Gasteiger partial charge >= 0.3 is 0 Å². The minimum Gasteiger partial charge on any atom is -0.311 e. The summed E-state index contributed by atoms with van der Waals surface area (Å²) in [6, 6.07) is 1.38. The average molecular weight is 241 g/mol. The van der Waals surface area contributed by atoms with Gasteiger partial charge in [0, 0.05) is 17.8 Å². The van der Waals surface area contributed by atoms with Crippen molar-refractivity contribution in [3.63, 3.8) is 0 Å². The Labute approximate surface area is 105 Å². The quantitative estimate of drug-likeness (QED) is 0.763. The fourth-order valence-corrected chi connectivity index (χ4v) is 4.57. The smallest absolute Gasteiger partial charge is 0.0132 e. The third kappa shape index (κ3) is 3.16. The fraction of sp³-hybridized carbons (Fsp3) is 1.00. The van der Waals surface area contributed by atoms with Gasteiger partial charge < -0.3 is 5.32 Å². The Bertz CT molecular complexity index is 219. The molecule has 2 saturated carbocycles. The van der Waals surface area contributed by atoms with E-state index in [4.69, 9.17) is 0 Å². The van der Waals surface area contributed by atoms with E-state index in [1.54, 1.807) is 6.42 Å². The molecule has 2 fully saturated rings. The Hall–Kier alpha value is 0.310. The monoisotopic (exact) mass is 241 g/mol. The van der Waals surface area contributed by atoms with Crippen molar-refractivity contribution in [3.8, 4) is 0 Å². The van der Waals surface area contributed by atoms with Gasteiger partial charge in [0.25, 0.3) is 0 Å². The van der Waals surface area contributed by atoms with Crippen molar-refractivity contribution in [1.29, 1.82) is 0 Å². The standard InChI is InChI=1S/C14H27NS/c1-10(15-11(2)9-16-3)6-14-8-12-4-5-13(14)7-12/h10-15H,4-9H2,1-3H3/t10-,11+,12+,13+,14-/m1/s1. The Morgan fingerprint density at radius 2 is 2.00 bits per heavy atom. The highest BCUT2D eigenvalue weighted by Crippen LogP contribution is 2.49. The number of hydrogen-bond acceptors (Lipinski definition) is 2. The second kappa shape index (κ2) is 5.77. The third-order valence-corrected chi connectivity index (χ3v) is 5.36. The van der Waals surface area contributed by atoms with Crippen LogP contribution in [0.15, 0.2) is 0 Å². The molecule has 94 valence electrons. The van der Waals surface area contributed by atoms with Crippen molar-refractivity contribution < 1.29 is 0 Å². The molecule has 0 heterocycles. The van der Waals surface area contributed by atoms with Gasteiger partial charge in [-0.2, -0.15) is 11.8 Å². The van der Waals surface area contributed by atoms with Gasteiger partial charge in [-0.05, 0) is 63.5 Å². The number of thioether (sulfide) groups is 1. The van der Waals surface area contributed by atoms with Crippen molar-refractivity contribution in [2.45, 2.75) is 58.0 Å². The fourth-order valence-electron chi connectivity index (χ4n) is 3.97. The Balaban J connectivity index is 1.69. The molecule has 0 spiro atoms. The second-order valence-electron chi connectivity index (χ2n) is 6.09. The summed E-state index contributed by atoms with van der Waals surface area (Å²) in [6.45, 7) is 4.69. The molecule has 2 bridgehead atoms. The van der Waals surface area contributed by atoms with Crippen LogP contribution in [0.5, 0.6) is 0 Å². The number of hydrogen-bond donors (Lipinski definition) is 1. The molecule has 1 nitrogen and oxygen atoms in total. The summed E-state index contributed by atoms with van der Waals surface area (Å²) in [7, 11) is 0. The molecular weight excluding hydrogens is 214 g/mol. The average Bonchev–Trinajstić information content (AvgIpc) is 2.78. The molecule has 5 atom stereocenters. The van der Waals surface area contributed by atoms with Gasteiger partial charge in [-0.25, -0.2) is 0 Å². The molecule has 2 heteroatoms. The summed E-state index contributed by atoms with van der Waals surface area (Å²) in [5, 5.41) is 3.75. The lowest BCUT2D eigenvalue weighted by molar-refractivity contribution is 0.279. The first kappa shape index (κ1) is 12.8. The van der Waals surface area contributed by atoms with Gasteiger partial charge in [0.2, 0.25) is 0 Å². The van der Waals surface area contributed by atoms with Crippen molar-refractivity contribution in [2.24, 2.45) is 17.8 Å². The van der Waals surface area contributed by atoms with Crippen LogP contribution in [0.4, 0.5) is 0 Å². The van der Waals surface area contributed by atoms with Gasteiger partial charge in [-0.15, -0.1) is 0 Å². The van der Waals surface area contributed by atoms with Crippen molar-refractivity contribution in [2.75, 3.05) is 12.0 Å². The van der Waals surface area contributed by atoms with Gasteiger partial charge in [0.1, 0.15) is 0 Å². The summed E-state index contributed by atoms with van der Waals surface area (Å²) in [5.41, 5.74) is 0. The van der Waals surface area contributed by atoms with Crippen LogP contribution < -0.4 is 5.32 Å². The van der Waals surface area contributed by atoms with Gasteiger partial charge in [-0.1, -0.05) is 6.42 Å². The Morgan fingerprint density at radius 3 is 2.56 bits per heavy atom. The summed E-state index contributed by atoms with van der Waals surface area (Å²) >= 11 is 1.94. The van der Waals surface area contributed by atoms with E-state index < -0.39 is 0 Å². The molecule has 16 heavy (non-hydrogen) atoms. The molecular formula is C14H27NS. The van der Waals surface area contributed by atoms with E-state index in [-0.39, 0.29) is 0 Å². The predicted molar refractivity (Wildman–Crippen MR) is 74.0 cm³/mol. The molecule has 0 unspecified atom stereocenters. The number of fused-ring (bicyclic) bond motifs is 2. The van der Waals surface area contributed by atoms with E-state index in [0.717, 1.165) is 17.8 Å². The maximum atomic E-state index is 3.75. The summed E-state index contributed by atoms with van der Waals surface area (Å²) in [5.74, 6) is 4.47. The van der Waals surface area contributed by atoms with E-state index in [1.807, 2.05) is 11.8 Å². The van der Waals surface area contributed by atoms with Crippen molar-refractivity contribution >= 4 is 11.8 Å². The maximum Gasteiger partial charge on any atom is 0.0132 e.